The van der Waals surface area contributed by atoms with Gasteiger partial charge >= 0.3 is 0 Å². The highest BCUT2D eigenvalue weighted by Crippen LogP contribution is 2.59. The maximum Gasteiger partial charge on any atom is 0.203 e. The molecule has 10 nitrogen and oxygen atoms in total. The molecule has 5 N–H and O–H groups in total. The summed E-state index contributed by atoms with van der Waals surface area (Å²) in [6, 6.07) is 0.920. The van der Waals surface area contributed by atoms with Crippen LogP contribution in [0.4, 0.5) is 0 Å². The lowest BCUT2D eigenvalue weighted by atomic mass is 9.58. The van der Waals surface area contributed by atoms with E-state index in [4.69, 9.17) is 9.47 Å². The van der Waals surface area contributed by atoms with E-state index < -0.39 is 45.9 Å². The number of carbonyl (C=O) groups is 2. The number of phenols is 3. The predicted molar refractivity (Wildman–Crippen MR) is 114 cm³/mol. The van der Waals surface area contributed by atoms with E-state index in [9.17, 15) is 35.1 Å². The van der Waals surface area contributed by atoms with Crippen LogP contribution in [-0.4, -0.2) is 81.5 Å². The van der Waals surface area contributed by atoms with Crippen molar-refractivity contribution in [2.24, 2.45) is 5.92 Å². The summed E-state index contributed by atoms with van der Waals surface area (Å²) in [4.78, 5) is 28.5. The predicted octanol–water partition coefficient (Wildman–Crippen LogP) is 0.772. The van der Waals surface area contributed by atoms with Crippen LogP contribution in [0.25, 0.3) is 10.8 Å². The zero-order valence-electron chi connectivity index (χ0n) is 18.4. The Morgan fingerprint density at radius 3 is 2.27 bits per heavy atom. The number of likely N-dealkylation sites (N-methyl/N-ethyl adjacent to an activating group) is 1. The van der Waals surface area contributed by atoms with Gasteiger partial charge in [0.25, 0.3) is 0 Å². The molecule has 33 heavy (non-hydrogen) atoms. The quantitative estimate of drug-likeness (QED) is 0.415. The van der Waals surface area contributed by atoms with Crippen LogP contribution in [0.15, 0.2) is 6.07 Å². The molecule has 176 valence electrons. The molecule has 0 radical (unpaired) electrons. The molecule has 3 aliphatic rings. The molecule has 1 unspecified atom stereocenters. The van der Waals surface area contributed by atoms with Crippen molar-refractivity contribution in [3.05, 3.63) is 17.2 Å². The number of hydrogen-bond acceptors (Lipinski definition) is 10. The second-order valence-corrected chi connectivity index (χ2v) is 9.29. The Morgan fingerprint density at radius 2 is 1.70 bits per heavy atom. The second kappa shape index (κ2) is 6.72. The Bertz CT molecular complexity index is 1240. The summed E-state index contributed by atoms with van der Waals surface area (Å²) in [6.07, 6.45) is -0.605. The first kappa shape index (κ1) is 21.7. The van der Waals surface area contributed by atoms with Crippen molar-refractivity contribution in [3.8, 4) is 28.7 Å². The Balaban J connectivity index is 1.80. The first-order valence-corrected chi connectivity index (χ1v) is 10.6. The number of ketones is 2. The van der Waals surface area contributed by atoms with Crippen molar-refractivity contribution in [2.75, 3.05) is 27.8 Å². The number of ether oxygens (including phenoxy) is 2. The third-order valence-corrected chi connectivity index (χ3v) is 7.49. The van der Waals surface area contributed by atoms with E-state index in [0.29, 0.717) is 6.54 Å². The van der Waals surface area contributed by atoms with Crippen LogP contribution in [0, 0.1) is 5.92 Å². The number of aromatic hydroxyl groups is 3. The van der Waals surface area contributed by atoms with Crippen LogP contribution in [-0.2, 0) is 10.4 Å². The maximum atomic E-state index is 13.4. The molecule has 0 spiro atoms. The zero-order chi connectivity index (χ0) is 24.0. The van der Waals surface area contributed by atoms with Crippen LogP contribution in [0.5, 0.6) is 28.7 Å². The number of aliphatic hydroxyl groups is 2. The van der Waals surface area contributed by atoms with Gasteiger partial charge in [0.15, 0.2) is 28.7 Å². The fourth-order valence-electron chi connectivity index (χ4n) is 5.83. The fraction of sp³-hybridized carbons (Fsp3) is 0.478. The second-order valence-electron chi connectivity index (χ2n) is 9.29. The van der Waals surface area contributed by atoms with Gasteiger partial charge in [-0.15, -0.1) is 0 Å². The number of carbonyl (C=O) groups excluding carboxylic acids is 2. The van der Waals surface area contributed by atoms with Crippen molar-refractivity contribution in [1.82, 2.24) is 4.90 Å². The van der Waals surface area contributed by atoms with Gasteiger partial charge < -0.3 is 35.0 Å². The van der Waals surface area contributed by atoms with Gasteiger partial charge in [-0.3, -0.25) is 14.5 Å². The summed E-state index contributed by atoms with van der Waals surface area (Å²) in [6.45, 7) is 0.606. The number of phenolic OH excluding ortho intramolecular Hbond substituents is 3. The molecule has 10 heteroatoms. The number of fused-ring (bicyclic) bond motifs is 4. The van der Waals surface area contributed by atoms with Gasteiger partial charge in [0.05, 0.1) is 36.8 Å². The minimum absolute atomic E-state index is 0.0104. The molecule has 0 aromatic heterocycles. The molecule has 1 saturated heterocycles. The highest BCUT2D eigenvalue weighted by Gasteiger charge is 2.63. The average Bonchev–Trinajstić information content (AvgIpc) is 3.48. The molecule has 2 aliphatic carbocycles. The van der Waals surface area contributed by atoms with Crippen LogP contribution in [0.2, 0.25) is 0 Å². The number of nitrogens with zero attached hydrogens (tertiary/aromatic N) is 1. The molecule has 0 amide bonds. The number of hydrogen-bond donors (Lipinski definition) is 5. The molecule has 5 atom stereocenters. The summed E-state index contributed by atoms with van der Waals surface area (Å²) >= 11 is 0. The normalized spacial score (nSPS) is 32.9. The maximum absolute atomic E-state index is 13.4. The lowest BCUT2D eigenvalue weighted by Gasteiger charge is -2.48. The number of rotatable bonds is 3. The number of Topliss-reactive ketones (excluding diaryl/α,β-unsaturated/α-hetero) is 2. The van der Waals surface area contributed by atoms with E-state index in [0.717, 1.165) is 6.07 Å². The molecule has 1 saturated carbocycles. The van der Waals surface area contributed by atoms with Gasteiger partial charge in [-0.1, -0.05) is 0 Å². The standard InChI is InChI=1S/C23H25NO9/c1-24-8-13(24)22(30)6-9-4-11(25)16-17(23(9,31)14(27)7-22)20(32-2)10-5-12(26)21(33-3)19(29)15(10)18(16)28/h5,9,13,26,28-31H,4,6-8H2,1-3H3/t9-,13+,22-,23+,24?/m1/s1. The highest BCUT2D eigenvalue weighted by molar-refractivity contribution is 6.14. The number of methoxy groups -OCH3 is 2. The van der Waals surface area contributed by atoms with E-state index in [-0.39, 0.29) is 58.7 Å². The minimum Gasteiger partial charge on any atom is -0.506 e. The monoisotopic (exact) mass is 459 g/mol. The number of benzene rings is 2. The Hall–Kier alpha value is -3.08. The topological polar surface area (TPSA) is 157 Å². The molecule has 2 aromatic rings. The summed E-state index contributed by atoms with van der Waals surface area (Å²) in [7, 11) is 4.28. The van der Waals surface area contributed by atoms with Gasteiger partial charge in [-0.05, 0) is 19.5 Å². The lowest BCUT2D eigenvalue weighted by molar-refractivity contribution is -0.167. The SMILES string of the molecule is COc1c(O)cc2c(OC)c3c(c(O)c2c1O)C(=O)C[C@@H]1C[C@](O)([C@@H]2CN2C)CC(=O)[C@]31O. The van der Waals surface area contributed by atoms with E-state index in [2.05, 4.69) is 0 Å². The van der Waals surface area contributed by atoms with E-state index >= 15 is 0 Å². The van der Waals surface area contributed by atoms with Crippen molar-refractivity contribution in [1.29, 1.82) is 0 Å². The Kier molecular flexibility index (Phi) is 4.43. The molecular formula is C23H25NO9. The Morgan fingerprint density at radius 1 is 1.06 bits per heavy atom. The molecular weight excluding hydrogens is 434 g/mol. The minimum atomic E-state index is -2.20. The van der Waals surface area contributed by atoms with Crippen molar-refractivity contribution in [2.45, 2.75) is 36.5 Å². The Labute approximate surface area is 188 Å². The summed E-state index contributed by atoms with van der Waals surface area (Å²) in [5.74, 6) is -4.37. The average molecular weight is 459 g/mol. The van der Waals surface area contributed by atoms with Crippen molar-refractivity contribution >= 4 is 22.3 Å². The van der Waals surface area contributed by atoms with Crippen LogP contribution in [0.1, 0.15) is 35.2 Å². The van der Waals surface area contributed by atoms with Crippen LogP contribution >= 0.6 is 0 Å². The summed E-state index contributed by atoms with van der Waals surface area (Å²) < 4.78 is 10.5. The van der Waals surface area contributed by atoms with E-state index in [1.807, 2.05) is 11.9 Å². The zero-order valence-corrected chi connectivity index (χ0v) is 18.4. The third kappa shape index (κ3) is 2.65. The van der Waals surface area contributed by atoms with E-state index in [1.54, 1.807) is 0 Å². The van der Waals surface area contributed by atoms with Crippen molar-refractivity contribution in [3.63, 3.8) is 0 Å². The smallest absolute Gasteiger partial charge is 0.203 e. The summed E-state index contributed by atoms with van der Waals surface area (Å²) in [5.41, 5.74) is -4.12. The molecule has 2 aromatic carbocycles. The van der Waals surface area contributed by atoms with Gasteiger partial charge in [0.1, 0.15) is 11.5 Å². The van der Waals surface area contributed by atoms with Gasteiger partial charge in [0, 0.05) is 36.3 Å². The molecule has 0 bridgehead atoms. The largest absolute Gasteiger partial charge is 0.506 e. The van der Waals surface area contributed by atoms with Gasteiger partial charge in [-0.2, -0.15) is 0 Å². The van der Waals surface area contributed by atoms with Crippen LogP contribution in [0.3, 0.4) is 0 Å². The van der Waals surface area contributed by atoms with E-state index in [1.165, 1.54) is 14.2 Å². The fourth-order valence-corrected chi connectivity index (χ4v) is 5.83. The molecule has 5 rings (SSSR count). The van der Waals surface area contributed by atoms with Gasteiger partial charge in [-0.25, -0.2) is 0 Å². The third-order valence-electron chi connectivity index (χ3n) is 7.49. The lowest BCUT2D eigenvalue weighted by Crippen LogP contribution is -2.59. The van der Waals surface area contributed by atoms with Crippen LogP contribution < -0.4 is 9.47 Å². The van der Waals surface area contributed by atoms with Gasteiger partial charge in [0.2, 0.25) is 5.75 Å². The molecule has 1 heterocycles. The van der Waals surface area contributed by atoms with Crippen molar-refractivity contribution < 1.29 is 44.6 Å². The highest BCUT2D eigenvalue weighted by atomic mass is 16.5. The first-order chi connectivity index (χ1) is 15.5. The first-order valence-electron chi connectivity index (χ1n) is 10.6. The summed E-state index contributed by atoms with van der Waals surface area (Å²) in [5, 5.41) is 54.8. The molecule has 2 fully saturated rings. The molecule has 1 aliphatic heterocycles.